The summed E-state index contributed by atoms with van der Waals surface area (Å²) < 4.78 is 1.90. The van der Waals surface area contributed by atoms with Crippen LogP contribution in [-0.4, -0.2) is 25.9 Å². The van der Waals surface area contributed by atoms with Crippen LogP contribution in [0.1, 0.15) is 12.5 Å². The fourth-order valence-corrected chi connectivity index (χ4v) is 3.42. The van der Waals surface area contributed by atoms with Gasteiger partial charge in [-0.1, -0.05) is 59.8 Å². The molecule has 0 saturated carbocycles. The number of nitrogens with one attached hydrogen (secondary N) is 1. The van der Waals surface area contributed by atoms with Crippen molar-refractivity contribution in [1.29, 1.82) is 0 Å². The zero-order chi connectivity index (χ0) is 18.7. The number of aryl methyl sites for hydroxylation is 1. The van der Waals surface area contributed by atoms with Gasteiger partial charge in [-0.25, -0.2) is 0 Å². The molecule has 0 radical (unpaired) electrons. The molecule has 1 atom stereocenters. The van der Waals surface area contributed by atoms with Crippen molar-refractivity contribution in [2.24, 2.45) is 7.05 Å². The molecule has 1 N–H and O–H groups in total. The van der Waals surface area contributed by atoms with E-state index >= 15 is 0 Å². The number of hydrogen-bond acceptors (Lipinski definition) is 4. The number of benzene rings is 2. The van der Waals surface area contributed by atoms with Crippen LogP contribution in [0.3, 0.4) is 0 Å². The van der Waals surface area contributed by atoms with Crippen molar-refractivity contribution in [2.75, 3.05) is 5.32 Å². The molecule has 5 nitrogen and oxygen atoms in total. The van der Waals surface area contributed by atoms with Gasteiger partial charge in [-0.2, -0.15) is 0 Å². The second kappa shape index (κ2) is 7.93. The molecule has 3 rings (SSSR count). The summed E-state index contributed by atoms with van der Waals surface area (Å²) in [7, 11) is 1.90. The normalized spacial score (nSPS) is 12.0. The molecular formula is C19H19ClN4OS. The lowest BCUT2D eigenvalue weighted by Crippen LogP contribution is -2.23. The quantitative estimate of drug-likeness (QED) is 0.653. The van der Waals surface area contributed by atoms with Gasteiger partial charge in [0, 0.05) is 23.3 Å². The van der Waals surface area contributed by atoms with Gasteiger partial charge in [-0.3, -0.25) is 4.79 Å². The Morgan fingerprint density at radius 2 is 1.92 bits per heavy atom. The van der Waals surface area contributed by atoms with Crippen molar-refractivity contribution < 1.29 is 4.79 Å². The molecule has 1 amide bonds. The van der Waals surface area contributed by atoms with Crippen molar-refractivity contribution in [2.45, 2.75) is 24.3 Å². The molecule has 0 aliphatic rings. The monoisotopic (exact) mass is 386 g/mol. The van der Waals surface area contributed by atoms with Crippen LogP contribution in [0.4, 0.5) is 5.69 Å². The number of amides is 1. The molecule has 0 saturated heterocycles. The van der Waals surface area contributed by atoms with Crippen molar-refractivity contribution in [3.8, 4) is 11.4 Å². The Hall–Kier alpha value is -2.31. The highest BCUT2D eigenvalue weighted by molar-refractivity contribution is 8.00. The van der Waals surface area contributed by atoms with E-state index in [1.54, 1.807) is 12.1 Å². The SMILES string of the molecule is Cc1ccc(Cl)cc1NC(=O)[C@H](C)Sc1nnc(-c2ccccc2)n1C. The highest BCUT2D eigenvalue weighted by Crippen LogP contribution is 2.27. The van der Waals surface area contributed by atoms with Gasteiger partial charge in [0.25, 0.3) is 0 Å². The highest BCUT2D eigenvalue weighted by atomic mass is 35.5. The Labute approximate surface area is 161 Å². The summed E-state index contributed by atoms with van der Waals surface area (Å²) in [4.78, 5) is 12.5. The Bertz CT molecular complexity index is 927. The number of nitrogens with zero attached hydrogens (tertiary/aromatic N) is 3. The third-order valence-electron chi connectivity index (χ3n) is 3.98. The molecule has 0 spiro atoms. The van der Waals surface area contributed by atoms with Crippen LogP contribution in [0.5, 0.6) is 0 Å². The van der Waals surface area contributed by atoms with Gasteiger partial charge in [0.2, 0.25) is 5.91 Å². The summed E-state index contributed by atoms with van der Waals surface area (Å²) in [5.74, 6) is 0.663. The topological polar surface area (TPSA) is 59.8 Å². The third-order valence-corrected chi connectivity index (χ3v) is 5.34. The Kier molecular flexibility index (Phi) is 5.64. The molecule has 134 valence electrons. The van der Waals surface area contributed by atoms with Crippen LogP contribution < -0.4 is 5.32 Å². The van der Waals surface area contributed by atoms with Gasteiger partial charge in [-0.15, -0.1) is 10.2 Å². The number of thioether (sulfide) groups is 1. The molecule has 0 bridgehead atoms. The predicted octanol–water partition coefficient (Wildman–Crippen LogP) is 4.56. The molecule has 0 aliphatic carbocycles. The first-order valence-corrected chi connectivity index (χ1v) is 9.40. The molecule has 7 heteroatoms. The molecule has 0 aliphatic heterocycles. The number of carbonyl (C=O) groups is 1. The van der Waals surface area contributed by atoms with Crippen LogP contribution in [0.15, 0.2) is 53.7 Å². The van der Waals surface area contributed by atoms with Crippen LogP contribution in [0.2, 0.25) is 5.02 Å². The summed E-state index contributed by atoms with van der Waals surface area (Å²) in [6.45, 7) is 3.77. The molecular weight excluding hydrogens is 368 g/mol. The average Bonchev–Trinajstić information content (AvgIpc) is 2.99. The largest absolute Gasteiger partial charge is 0.325 e. The fourth-order valence-electron chi connectivity index (χ4n) is 2.43. The van der Waals surface area contributed by atoms with Gasteiger partial charge >= 0.3 is 0 Å². The van der Waals surface area contributed by atoms with E-state index < -0.39 is 0 Å². The number of hydrogen-bond donors (Lipinski definition) is 1. The summed E-state index contributed by atoms with van der Waals surface area (Å²) in [5.41, 5.74) is 2.67. The predicted molar refractivity (Wildman–Crippen MR) is 107 cm³/mol. The van der Waals surface area contributed by atoms with Crippen LogP contribution >= 0.6 is 23.4 Å². The highest BCUT2D eigenvalue weighted by Gasteiger charge is 2.20. The minimum absolute atomic E-state index is 0.107. The van der Waals surface area contributed by atoms with Gasteiger partial charge in [0.05, 0.1) is 5.25 Å². The lowest BCUT2D eigenvalue weighted by atomic mass is 10.2. The lowest BCUT2D eigenvalue weighted by Gasteiger charge is -2.13. The minimum atomic E-state index is -0.333. The van der Waals surface area contributed by atoms with E-state index in [0.717, 1.165) is 22.6 Å². The standard InChI is InChI=1S/C19H19ClN4OS/c1-12-9-10-15(20)11-16(12)21-18(25)13(2)26-19-23-22-17(24(19)3)14-7-5-4-6-8-14/h4-11,13H,1-3H3,(H,21,25)/t13-/m0/s1. The molecule has 26 heavy (non-hydrogen) atoms. The van der Waals surface area contributed by atoms with E-state index in [2.05, 4.69) is 15.5 Å². The molecule has 1 heterocycles. The average molecular weight is 387 g/mol. The van der Waals surface area contributed by atoms with E-state index in [4.69, 9.17) is 11.6 Å². The number of anilines is 1. The molecule has 1 aromatic heterocycles. The summed E-state index contributed by atoms with van der Waals surface area (Å²) in [6.07, 6.45) is 0. The van der Waals surface area contributed by atoms with Gasteiger partial charge in [-0.05, 0) is 31.5 Å². The van der Waals surface area contributed by atoms with Crippen molar-refractivity contribution in [3.63, 3.8) is 0 Å². The maximum Gasteiger partial charge on any atom is 0.237 e. The summed E-state index contributed by atoms with van der Waals surface area (Å²) in [5, 5.41) is 12.4. The molecule has 0 fully saturated rings. The first kappa shape index (κ1) is 18.5. The zero-order valence-corrected chi connectivity index (χ0v) is 16.3. The second-order valence-electron chi connectivity index (χ2n) is 5.94. The molecule has 0 unspecified atom stereocenters. The smallest absolute Gasteiger partial charge is 0.237 e. The number of carbonyl (C=O) groups excluding carboxylic acids is 1. The van der Waals surface area contributed by atoms with Gasteiger partial charge < -0.3 is 9.88 Å². The second-order valence-corrected chi connectivity index (χ2v) is 7.68. The van der Waals surface area contributed by atoms with Gasteiger partial charge in [0.15, 0.2) is 11.0 Å². The van der Waals surface area contributed by atoms with Gasteiger partial charge in [0.1, 0.15) is 0 Å². The zero-order valence-electron chi connectivity index (χ0n) is 14.7. The third kappa shape index (κ3) is 4.08. The van der Waals surface area contributed by atoms with Crippen molar-refractivity contribution >= 4 is 35.0 Å². The number of rotatable bonds is 5. The van der Waals surface area contributed by atoms with E-state index in [-0.39, 0.29) is 11.2 Å². The Morgan fingerprint density at radius 1 is 1.19 bits per heavy atom. The van der Waals surface area contributed by atoms with E-state index in [0.29, 0.717) is 10.2 Å². The molecule has 2 aromatic carbocycles. The van der Waals surface area contributed by atoms with Crippen molar-refractivity contribution in [1.82, 2.24) is 14.8 Å². The number of aromatic nitrogens is 3. The maximum absolute atomic E-state index is 12.5. The fraction of sp³-hybridized carbons (Fsp3) is 0.211. The van der Waals surface area contributed by atoms with Crippen LogP contribution in [0.25, 0.3) is 11.4 Å². The van der Waals surface area contributed by atoms with Crippen LogP contribution in [-0.2, 0) is 11.8 Å². The Balaban J connectivity index is 1.72. The minimum Gasteiger partial charge on any atom is -0.325 e. The van der Waals surface area contributed by atoms with E-state index in [1.807, 2.05) is 61.9 Å². The first-order chi connectivity index (χ1) is 12.5. The van der Waals surface area contributed by atoms with Crippen LogP contribution in [0, 0.1) is 6.92 Å². The maximum atomic E-state index is 12.5. The van der Waals surface area contributed by atoms with E-state index in [1.165, 1.54) is 11.8 Å². The van der Waals surface area contributed by atoms with E-state index in [9.17, 15) is 4.79 Å². The Morgan fingerprint density at radius 3 is 2.65 bits per heavy atom. The first-order valence-electron chi connectivity index (χ1n) is 8.14. The summed E-state index contributed by atoms with van der Waals surface area (Å²) >= 11 is 7.38. The lowest BCUT2D eigenvalue weighted by molar-refractivity contribution is -0.115. The van der Waals surface area contributed by atoms with Crippen molar-refractivity contribution in [3.05, 3.63) is 59.1 Å². The molecule has 3 aromatic rings. The summed E-state index contributed by atoms with van der Waals surface area (Å²) in [6, 6.07) is 15.3. The number of halogens is 1.